The maximum atomic E-state index is 16.6. The molecule has 0 fully saturated rings. The van der Waals surface area contributed by atoms with Gasteiger partial charge in [-0.1, -0.05) is 206 Å². The second kappa shape index (κ2) is 27.2. The summed E-state index contributed by atoms with van der Waals surface area (Å²) in [4.78, 5) is 88.5. The second-order valence-electron chi connectivity index (χ2n) is 23.3. The molecule has 0 bridgehead atoms. The first-order chi connectivity index (χ1) is 47.9. The lowest BCUT2D eigenvalue weighted by atomic mass is 9.75. The summed E-state index contributed by atoms with van der Waals surface area (Å²) in [6, 6.07) is 84.1. The number of carbonyl (C=O) groups excluding carboxylic acids is 1. The van der Waals surface area contributed by atoms with Crippen molar-refractivity contribution in [2.24, 2.45) is 0 Å². The lowest BCUT2D eigenvalue weighted by molar-refractivity contribution is 0.0686. The van der Waals surface area contributed by atoms with Gasteiger partial charge < -0.3 is 35.4 Å². The average Bonchev–Trinajstić information content (AvgIpc) is 0.715. The molecule has 0 aromatic heterocycles. The fourth-order valence-electron chi connectivity index (χ4n) is 12.2. The third-order valence-electron chi connectivity index (χ3n) is 17.4. The molecule has 0 atom stereocenters. The summed E-state index contributed by atoms with van der Waals surface area (Å²) in [5.41, 5.74) is 15.2. The Hall–Kier alpha value is -13.9. The number of ether oxygens (including phenoxy) is 1. The zero-order chi connectivity index (χ0) is 69.0. The quantitative estimate of drug-likeness (QED) is 0.0326. The molecule has 13 rings (SSSR count). The highest BCUT2D eigenvalue weighted by molar-refractivity contribution is 6.18. The molecular weight excluding hydrogens is 1240 g/mol. The third-order valence-corrected chi connectivity index (χ3v) is 17.4. The number of carbonyl (C=O) groups is 7. The Kier molecular flexibility index (Phi) is 17.6. The Bertz CT molecular complexity index is 5050. The van der Waals surface area contributed by atoms with Crippen molar-refractivity contribution in [3.8, 4) is 128 Å². The van der Waals surface area contributed by atoms with E-state index >= 15 is 4.79 Å². The van der Waals surface area contributed by atoms with Gasteiger partial charge >= 0.3 is 41.8 Å². The molecule has 0 amide bonds. The van der Waals surface area contributed by atoms with Crippen molar-refractivity contribution < 1.29 is 68.9 Å². The highest BCUT2D eigenvalue weighted by Crippen LogP contribution is 2.54. The van der Waals surface area contributed by atoms with Crippen LogP contribution in [0.5, 0.6) is 5.75 Å². The molecule has 14 nitrogen and oxygen atoms in total. The summed E-state index contributed by atoms with van der Waals surface area (Å²) in [5.74, 6) is -7.07. The molecule has 13 aromatic carbocycles. The Balaban J connectivity index is 1.13. The molecule has 0 aliphatic carbocycles. The summed E-state index contributed by atoms with van der Waals surface area (Å²) in [6.45, 7) is 0. The zero-order valence-electron chi connectivity index (χ0n) is 52.2. The summed E-state index contributed by atoms with van der Waals surface area (Å²) < 4.78 is 6.70. The predicted octanol–water partition coefficient (Wildman–Crippen LogP) is 19.4. The molecular formula is C85H54O14. The van der Waals surface area contributed by atoms with Crippen molar-refractivity contribution in [1.29, 1.82) is 0 Å². The van der Waals surface area contributed by atoms with E-state index in [1.165, 1.54) is 72.8 Å². The average molecular weight is 1300 g/mol. The first-order valence-electron chi connectivity index (χ1n) is 31.0. The van der Waals surface area contributed by atoms with Crippen LogP contribution < -0.4 is 4.74 Å². The molecule has 0 aliphatic rings. The maximum Gasteiger partial charge on any atom is 0.344 e. The van der Waals surface area contributed by atoms with Crippen molar-refractivity contribution in [3.05, 3.63) is 330 Å². The highest BCUT2D eigenvalue weighted by Gasteiger charge is 2.33. The van der Waals surface area contributed by atoms with E-state index in [9.17, 15) is 59.4 Å². The van der Waals surface area contributed by atoms with Crippen LogP contribution in [0.4, 0.5) is 0 Å². The number of aromatic carboxylic acids is 6. The fraction of sp³-hybridized carbons (Fsp3) is 0. The summed E-state index contributed by atoms with van der Waals surface area (Å²) in [5, 5.41) is 58.7. The van der Waals surface area contributed by atoms with Gasteiger partial charge in [-0.25, -0.2) is 33.6 Å². The van der Waals surface area contributed by atoms with E-state index in [-0.39, 0.29) is 44.7 Å². The van der Waals surface area contributed by atoms with Crippen LogP contribution in [-0.2, 0) is 0 Å². The molecule has 478 valence electrons. The molecule has 13 aromatic rings. The number of hydrogen-bond donors (Lipinski definition) is 6. The van der Waals surface area contributed by atoms with E-state index in [0.29, 0.717) is 77.9 Å². The van der Waals surface area contributed by atoms with Gasteiger partial charge in [0.25, 0.3) is 0 Å². The highest BCUT2D eigenvalue weighted by atomic mass is 16.5. The molecule has 0 spiro atoms. The molecule has 14 heteroatoms. The smallest absolute Gasteiger partial charge is 0.344 e. The molecule has 0 saturated carbocycles. The van der Waals surface area contributed by atoms with Crippen LogP contribution in [0.1, 0.15) is 72.5 Å². The monoisotopic (exact) mass is 1300 g/mol. The van der Waals surface area contributed by atoms with E-state index < -0.39 is 41.8 Å². The molecule has 99 heavy (non-hydrogen) atoms. The first-order valence-corrected chi connectivity index (χ1v) is 31.0. The minimum Gasteiger partial charge on any atom is -0.478 e. The van der Waals surface area contributed by atoms with Crippen LogP contribution in [0.15, 0.2) is 291 Å². The van der Waals surface area contributed by atoms with Crippen LogP contribution in [0.2, 0.25) is 0 Å². The van der Waals surface area contributed by atoms with Gasteiger partial charge in [0.05, 0.1) is 38.9 Å². The first kappa shape index (κ1) is 63.9. The van der Waals surface area contributed by atoms with Crippen LogP contribution in [-0.4, -0.2) is 72.4 Å². The molecule has 0 heterocycles. The minimum atomic E-state index is -1.08. The van der Waals surface area contributed by atoms with E-state index in [2.05, 4.69) is 0 Å². The largest absolute Gasteiger partial charge is 0.478 e. The van der Waals surface area contributed by atoms with E-state index in [1.54, 1.807) is 97.1 Å². The van der Waals surface area contributed by atoms with E-state index in [1.807, 2.05) is 121 Å². The number of carboxylic acid groups (broad SMARTS) is 6. The standard InChI is InChI=1S/C85H54O14/c86-79(87)66-33-11-54(12-34-66)49-1-23-61(24-2-49)73-74(62-25-3-50(4-26-62)55-13-35-67(36-14-55)80(88)89)76(64-29-7-52(8-30-64)57-17-39-69(40-18-57)82(92)93)78(85(98)99-72-47-45-60(46-48-72)59-21-43-71(44-22-59)84(96)97)77(65-31-9-53(10-32-65)58-19-41-70(42-20-58)83(94)95)75(73)63-27-5-51(6-28-63)56-15-37-68(38-16-56)81(90)91/h1-48H,(H,86,87)(H,88,89)(H,90,91)(H,92,93)(H,94,95)(H,96,97). The predicted molar refractivity (Wildman–Crippen MR) is 379 cm³/mol. The molecule has 0 saturated heterocycles. The lowest BCUT2D eigenvalue weighted by Crippen LogP contribution is -2.15. The van der Waals surface area contributed by atoms with Crippen molar-refractivity contribution in [2.75, 3.05) is 0 Å². The molecule has 6 N–H and O–H groups in total. The van der Waals surface area contributed by atoms with Crippen molar-refractivity contribution >= 4 is 41.8 Å². The van der Waals surface area contributed by atoms with Crippen molar-refractivity contribution in [1.82, 2.24) is 0 Å². The van der Waals surface area contributed by atoms with Gasteiger partial charge in [0.15, 0.2) is 0 Å². The van der Waals surface area contributed by atoms with Gasteiger partial charge in [-0.05, 0) is 196 Å². The maximum absolute atomic E-state index is 16.6. The number of carboxylic acids is 6. The minimum absolute atomic E-state index is 0.105. The number of benzene rings is 13. The van der Waals surface area contributed by atoms with Crippen LogP contribution in [0.25, 0.3) is 122 Å². The Morgan fingerprint density at radius 2 is 0.303 bits per heavy atom. The fourth-order valence-corrected chi connectivity index (χ4v) is 12.2. The molecule has 0 aliphatic heterocycles. The van der Waals surface area contributed by atoms with Crippen LogP contribution in [0, 0.1) is 0 Å². The SMILES string of the molecule is O=C(O)c1ccc(-c2ccc(OC(=O)c3c(-c4ccc(-c5ccc(C(=O)O)cc5)cc4)c(-c4ccc(-c5ccc(C(=O)O)cc5)cc4)c(-c4ccc(-c5ccc(C(=O)O)cc5)cc4)c(-c4ccc(-c5ccc(C(=O)O)cc5)cc4)c3-c3ccc(-c4ccc(C(=O)O)cc4)cc3)cc2)cc1. The van der Waals surface area contributed by atoms with Gasteiger partial charge in [-0.15, -0.1) is 0 Å². The van der Waals surface area contributed by atoms with Gasteiger partial charge in [0.2, 0.25) is 0 Å². The van der Waals surface area contributed by atoms with Gasteiger partial charge in [0, 0.05) is 11.1 Å². The van der Waals surface area contributed by atoms with E-state index in [0.717, 1.165) is 44.5 Å². The number of hydrogen-bond acceptors (Lipinski definition) is 8. The van der Waals surface area contributed by atoms with Crippen LogP contribution in [0.3, 0.4) is 0 Å². The van der Waals surface area contributed by atoms with Crippen LogP contribution >= 0.6 is 0 Å². The molecule has 0 radical (unpaired) electrons. The zero-order valence-corrected chi connectivity index (χ0v) is 52.2. The van der Waals surface area contributed by atoms with E-state index in [4.69, 9.17) is 4.74 Å². The second-order valence-corrected chi connectivity index (χ2v) is 23.3. The summed E-state index contributed by atoms with van der Waals surface area (Å²) in [6.07, 6.45) is 0. The molecule has 0 unspecified atom stereocenters. The lowest BCUT2D eigenvalue weighted by Gasteiger charge is -2.28. The van der Waals surface area contributed by atoms with Crippen molar-refractivity contribution in [3.63, 3.8) is 0 Å². The number of rotatable bonds is 19. The van der Waals surface area contributed by atoms with Gasteiger partial charge in [0.1, 0.15) is 5.75 Å². The Labute approximate surface area is 566 Å². The Morgan fingerprint density at radius 1 is 0.172 bits per heavy atom. The number of esters is 1. The third kappa shape index (κ3) is 13.4. The Morgan fingerprint density at radius 3 is 0.475 bits per heavy atom. The van der Waals surface area contributed by atoms with Gasteiger partial charge in [-0.2, -0.15) is 0 Å². The van der Waals surface area contributed by atoms with Crippen molar-refractivity contribution in [2.45, 2.75) is 0 Å². The van der Waals surface area contributed by atoms with Gasteiger partial charge in [-0.3, -0.25) is 0 Å². The summed E-state index contributed by atoms with van der Waals surface area (Å²) >= 11 is 0. The topological polar surface area (TPSA) is 250 Å². The normalized spacial score (nSPS) is 10.9. The summed E-state index contributed by atoms with van der Waals surface area (Å²) in [7, 11) is 0.